The van der Waals surface area contributed by atoms with Gasteiger partial charge in [-0.3, -0.25) is 0 Å². The SMILES string of the molecule is Cc1ccc(-c2csc(C3(N)CCCC(C)C3)n2)o1. The average Bonchev–Trinajstić information content (AvgIpc) is 2.96. The first kappa shape index (κ1) is 12.9. The van der Waals surface area contributed by atoms with Gasteiger partial charge in [0.1, 0.15) is 16.5 Å². The summed E-state index contributed by atoms with van der Waals surface area (Å²) in [5.74, 6) is 2.45. The first-order chi connectivity index (χ1) is 9.07. The van der Waals surface area contributed by atoms with Crippen molar-refractivity contribution in [3.63, 3.8) is 0 Å². The minimum absolute atomic E-state index is 0.234. The molecule has 2 atom stereocenters. The molecule has 1 fully saturated rings. The van der Waals surface area contributed by atoms with E-state index in [1.807, 2.05) is 19.1 Å². The van der Waals surface area contributed by atoms with E-state index >= 15 is 0 Å². The van der Waals surface area contributed by atoms with Gasteiger partial charge >= 0.3 is 0 Å². The molecule has 0 aromatic carbocycles. The molecule has 2 aromatic rings. The van der Waals surface area contributed by atoms with Gasteiger partial charge in [0.05, 0.1) is 5.54 Å². The fourth-order valence-corrected chi connectivity index (χ4v) is 3.94. The molecule has 0 spiro atoms. The van der Waals surface area contributed by atoms with E-state index in [1.165, 1.54) is 12.8 Å². The van der Waals surface area contributed by atoms with Crippen LogP contribution in [-0.2, 0) is 5.54 Å². The Kier molecular flexibility index (Phi) is 3.23. The summed E-state index contributed by atoms with van der Waals surface area (Å²) < 4.78 is 5.63. The maximum absolute atomic E-state index is 6.58. The molecule has 2 N–H and O–H groups in total. The topological polar surface area (TPSA) is 52.0 Å². The number of nitrogens with zero attached hydrogens (tertiary/aromatic N) is 1. The van der Waals surface area contributed by atoms with Crippen molar-refractivity contribution in [1.82, 2.24) is 4.98 Å². The summed E-state index contributed by atoms with van der Waals surface area (Å²) in [5.41, 5.74) is 7.26. The highest BCUT2D eigenvalue weighted by Gasteiger charge is 2.35. The van der Waals surface area contributed by atoms with E-state index in [4.69, 9.17) is 15.1 Å². The van der Waals surface area contributed by atoms with Crippen LogP contribution in [0.5, 0.6) is 0 Å². The molecule has 0 saturated heterocycles. The van der Waals surface area contributed by atoms with Gasteiger partial charge in [-0.05, 0) is 37.8 Å². The fourth-order valence-electron chi connectivity index (χ4n) is 2.97. The molecule has 2 unspecified atom stereocenters. The zero-order valence-electron chi connectivity index (χ0n) is 11.5. The molecule has 1 aliphatic carbocycles. The fraction of sp³-hybridized carbons (Fsp3) is 0.533. The number of aryl methyl sites for hydroxylation is 1. The van der Waals surface area contributed by atoms with E-state index in [0.29, 0.717) is 5.92 Å². The van der Waals surface area contributed by atoms with Crippen LogP contribution in [0.4, 0.5) is 0 Å². The largest absolute Gasteiger partial charge is 0.460 e. The minimum Gasteiger partial charge on any atom is -0.460 e. The van der Waals surface area contributed by atoms with Crippen molar-refractivity contribution < 1.29 is 4.42 Å². The van der Waals surface area contributed by atoms with Gasteiger partial charge in [-0.15, -0.1) is 11.3 Å². The quantitative estimate of drug-likeness (QED) is 0.899. The lowest BCUT2D eigenvalue weighted by Crippen LogP contribution is -2.40. The van der Waals surface area contributed by atoms with Gasteiger partial charge in [-0.25, -0.2) is 4.98 Å². The Balaban J connectivity index is 1.88. The monoisotopic (exact) mass is 276 g/mol. The zero-order valence-corrected chi connectivity index (χ0v) is 12.3. The number of rotatable bonds is 2. The highest BCUT2D eigenvalue weighted by Crippen LogP contribution is 2.40. The van der Waals surface area contributed by atoms with Crippen LogP contribution in [0.1, 0.15) is 43.4 Å². The Morgan fingerprint density at radius 2 is 2.32 bits per heavy atom. The van der Waals surface area contributed by atoms with Crippen molar-refractivity contribution in [1.29, 1.82) is 0 Å². The van der Waals surface area contributed by atoms with Crippen molar-refractivity contribution in [3.05, 3.63) is 28.3 Å². The predicted molar refractivity (Wildman–Crippen MR) is 78.1 cm³/mol. The van der Waals surface area contributed by atoms with Gasteiger partial charge in [-0.2, -0.15) is 0 Å². The molecular formula is C15H20N2OS. The lowest BCUT2D eigenvalue weighted by Gasteiger charge is -2.35. The average molecular weight is 276 g/mol. The van der Waals surface area contributed by atoms with Crippen molar-refractivity contribution in [2.24, 2.45) is 11.7 Å². The lowest BCUT2D eigenvalue weighted by molar-refractivity contribution is 0.238. The second kappa shape index (κ2) is 4.76. The van der Waals surface area contributed by atoms with Gasteiger partial charge in [0.15, 0.2) is 5.76 Å². The van der Waals surface area contributed by atoms with Crippen LogP contribution in [0.15, 0.2) is 21.9 Å². The van der Waals surface area contributed by atoms with Crippen LogP contribution in [-0.4, -0.2) is 4.98 Å². The van der Waals surface area contributed by atoms with E-state index in [0.717, 1.165) is 35.1 Å². The standard InChI is InChI=1S/C15H20N2OS/c1-10-4-3-7-15(16,8-10)14-17-12(9-19-14)13-6-5-11(2)18-13/h5-6,9-10H,3-4,7-8,16H2,1-2H3. The normalized spacial score (nSPS) is 27.6. The first-order valence-electron chi connectivity index (χ1n) is 6.88. The van der Waals surface area contributed by atoms with E-state index in [1.54, 1.807) is 11.3 Å². The van der Waals surface area contributed by atoms with Gasteiger partial charge in [0, 0.05) is 5.38 Å². The Hall–Kier alpha value is -1.13. The van der Waals surface area contributed by atoms with Crippen molar-refractivity contribution in [2.75, 3.05) is 0 Å². The molecule has 19 heavy (non-hydrogen) atoms. The molecule has 2 heterocycles. The molecular weight excluding hydrogens is 256 g/mol. The summed E-state index contributed by atoms with van der Waals surface area (Å²) in [6, 6.07) is 3.94. The lowest BCUT2D eigenvalue weighted by atomic mass is 9.77. The van der Waals surface area contributed by atoms with Crippen LogP contribution in [0, 0.1) is 12.8 Å². The van der Waals surface area contributed by atoms with Gasteiger partial charge in [0.25, 0.3) is 0 Å². The maximum Gasteiger partial charge on any atom is 0.153 e. The molecule has 1 saturated carbocycles. The molecule has 0 bridgehead atoms. The second-order valence-corrected chi connectivity index (χ2v) is 6.66. The number of aromatic nitrogens is 1. The number of hydrogen-bond donors (Lipinski definition) is 1. The Bertz CT molecular complexity index is 574. The molecule has 2 aromatic heterocycles. The predicted octanol–water partition coefficient (Wildman–Crippen LogP) is 4.08. The van der Waals surface area contributed by atoms with Crippen LogP contribution in [0.2, 0.25) is 0 Å². The Morgan fingerprint density at radius 1 is 1.47 bits per heavy atom. The first-order valence-corrected chi connectivity index (χ1v) is 7.76. The number of thiazole rings is 1. The van der Waals surface area contributed by atoms with E-state index in [-0.39, 0.29) is 5.54 Å². The molecule has 3 nitrogen and oxygen atoms in total. The third kappa shape index (κ3) is 2.47. The van der Waals surface area contributed by atoms with Crippen LogP contribution in [0.25, 0.3) is 11.5 Å². The number of hydrogen-bond acceptors (Lipinski definition) is 4. The van der Waals surface area contributed by atoms with Crippen LogP contribution in [0.3, 0.4) is 0 Å². The van der Waals surface area contributed by atoms with Crippen molar-refractivity contribution in [3.8, 4) is 11.5 Å². The van der Waals surface area contributed by atoms with Gasteiger partial charge in [0.2, 0.25) is 0 Å². The van der Waals surface area contributed by atoms with Crippen molar-refractivity contribution in [2.45, 2.75) is 45.1 Å². The molecule has 0 amide bonds. The summed E-state index contributed by atoms with van der Waals surface area (Å²) in [5, 5.41) is 3.12. The third-order valence-electron chi connectivity index (χ3n) is 3.96. The Labute approximate surface area is 117 Å². The molecule has 0 radical (unpaired) electrons. The summed E-state index contributed by atoms with van der Waals surface area (Å²) >= 11 is 1.66. The Morgan fingerprint density at radius 3 is 3.00 bits per heavy atom. The number of nitrogens with two attached hydrogens (primary N) is 1. The minimum atomic E-state index is -0.234. The molecule has 1 aliphatic rings. The summed E-state index contributed by atoms with van der Waals surface area (Å²) in [6.07, 6.45) is 4.57. The van der Waals surface area contributed by atoms with E-state index in [9.17, 15) is 0 Å². The van der Waals surface area contributed by atoms with E-state index < -0.39 is 0 Å². The highest BCUT2D eigenvalue weighted by molar-refractivity contribution is 7.10. The van der Waals surface area contributed by atoms with Crippen molar-refractivity contribution >= 4 is 11.3 Å². The zero-order chi connectivity index (χ0) is 13.5. The molecule has 3 rings (SSSR count). The molecule has 102 valence electrons. The number of furan rings is 1. The van der Waals surface area contributed by atoms with Crippen LogP contribution >= 0.6 is 11.3 Å². The summed E-state index contributed by atoms with van der Waals surface area (Å²) in [7, 11) is 0. The van der Waals surface area contributed by atoms with Crippen LogP contribution < -0.4 is 5.73 Å². The smallest absolute Gasteiger partial charge is 0.153 e. The maximum atomic E-state index is 6.58. The summed E-state index contributed by atoms with van der Waals surface area (Å²) in [4.78, 5) is 4.72. The van der Waals surface area contributed by atoms with E-state index in [2.05, 4.69) is 12.3 Å². The third-order valence-corrected chi connectivity index (χ3v) is 5.02. The van der Waals surface area contributed by atoms with Gasteiger partial charge in [-0.1, -0.05) is 19.8 Å². The molecule has 4 heteroatoms. The second-order valence-electron chi connectivity index (χ2n) is 5.81. The highest BCUT2D eigenvalue weighted by atomic mass is 32.1. The summed E-state index contributed by atoms with van der Waals surface area (Å²) in [6.45, 7) is 4.23. The van der Waals surface area contributed by atoms with Gasteiger partial charge < -0.3 is 10.2 Å². The molecule has 0 aliphatic heterocycles.